The van der Waals surface area contributed by atoms with E-state index >= 15 is 0 Å². The molecular weight excluding hydrogens is 347 g/mol. The lowest BCUT2D eigenvalue weighted by Crippen LogP contribution is -2.14. The maximum Gasteiger partial charge on any atom is 0.256 e. The van der Waals surface area contributed by atoms with Crippen LogP contribution < -0.4 is 11.1 Å². The number of hydrogen-bond donors (Lipinski definition) is 2. The molecule has 3 nitrogen and oxygen atoms in total. The number of carbonyl (C=O) groups is 1. The zero-order valence-electron chi connectivity index (χ0n) is 10.5. The van der Waals surface area contributed by atoms with Crippen molar-refractivity contribution in [3.8, 4) is 0 Å². The van der Waals surface area contributed by atoms with Crippen LogP contribution in [0.5, 0.6) is 0 Å². The Morgan fingerprint density at radius 1 is 1.35 bits per heavy atom. The average Bonchev–Trinajstić information content (AvgIpc) is 2.38. The standard InChI is InChI=1S/C14H11BrClFN2O/c1-7-4-12(18)11(16)6-13(7)19-14(20)9-5-8(17)2-3-10(9)15/h2-6H,18H2,1H3,(H,19,20). The highest BCUT2D eigenvalue weighted by Gasteiger charge is 2.13. The van der Waals surface area contributed by atoms with Gasteiger partial charge in [-0.05, 0) is 58.7 Å². The Morgan fingerprint density at radius 2 is 2.05 bits per heavy atom. The molecule has 0 spiro atoms. The number of rotatable bonds is 2. The average molecular weight is 358 g/mol. The van der Waals surface area contributed by atoms with E-state index in [1.165, 1.54) is 12.1 Å². The van der Waals surface area contributed by atoms with Gasteiger partial charge < -0.3 is 11.1 Å². The molecule has 0 atom stereocenters. The van der Waals surface area contributed by atoms with Gasteiger partial charge in [-0.2, -0.15) is 0 Å². The zero-order valence-corrected chi connectivity index (χ0v) is 12.8. The Kier molecular flexibility index (Phi) is 4.30. The van der Waals surface area contributed by atoms with Gasteiger partial charge in [0.25, 0.3) is 5.91 Å². The number of hydrogen-bond acceptors (Lipinski definition) is 2. The third-order valence-electron chi connectivity index (χ3n) is 2.76. The SMILES string of the molecule is Cc1cc(N)c(Cl)cc1NC(=O)c1cc(F)ccc1Br. The summed E-state index contributed by atoms with van der Waals surface area (Å²) in [5.74, 6) is -0.911. The smallest absolute Gasteiger partial charge is 0.256 e. The maximum absolute atomic E-state index is 13.2. The van der Waals surface area contributed by atoms with Crippen molar-refractivity contribution < 1.29 is 9.18 Å². The lowest BCUT2D eigenvalue weighted by atomic mass is 10.1. The first-order valence-corrected chi connectivity index (χ1v) is 6.87. The number of nitrogens with two attached hydrogens (primary N) is 1. The minimum absolute atomic E-state index is 0.206. The number of nitrogen functional groups attached to an aromatic ring is 1. The van der Waals surface area contributed by atoms with Crippen molar-refractivity contribution in [1.82, 2.24) is 0 Å². The molecule has 0 unspecified atom stereocenters. The minimum atomic E-state index is -0.481. The molecule has 0 heterocycles. The summed E-state index contributed by atoms with van der Waals surface area (Å²) >= 11 is 9.14. The number of halogens is 3. The van der Waals surface area contributed by atoms with Crippen molar-refractivity contribution in [1.29, 1.82) is 0 Å². The molecule has 0 saturated carbocycles. The quantitative estimate of drug-likeness (QED) is 0.783. The molecule has 2 aromatic carbocycles. The second-order valence-electron chi connectivity index (χ2n) is 4.27. The molecule has 0 aliphatic rings. The summed E-state index contributed by atoms with van der Waals surface area (Å²) < 4.78 is 13.7. The van der Waals surface area contributed by atoms with Gasteiger partial charge >= 0.3 is 0 Å². The van der Waals surface area contributed by atoms with Crippen LogP contribution in [0.1, 0.15) is 15.9 Å². The monoisotopic (exact) mass is 356 g/mol. The molecule has 0 bridgehead atoms. The molecule has 0 fully saturated rings. The summed E-state index contributed by atoms with van der Waals surface area (Å²) in [4.78, 5) is 12.2. The number of amides is 1. The molecule has 1 amide bonds. The van der Waals surface area contributed by atoms with Crippen molar-refractivity contribution in [2.45, 2.75) is 6.92 Å². The third kappa shape index (κ3) is 3.11. The summed E-state index contributed by atoms with van der Waals surface area (Å²) in [6.07, 6.45) is 0. The Balaban J connectivity index is 2.32. The van der Waals surface area contributed by atoms with Gasteiger partial charge in [0.05, 0.1) is 16.3 Å². The second kappa shape index (κ2) is 5.81. The van der Waals surface area contributed by atoms with Crippen LogP contribution in [0.4, 0.5) is 15.8 Å². The first-order chi connectivity index (χ1) is 9.38. The Labute approximate surface area is 129 Å². The highest BCUT2D eigenvalue weighted by atomic mass is 79.9. The van der Waals surface area contributed by atoms with Gasteiger partial charge in [0.2, 0.25) is 0 Å². The number of nitrogens with one attached hydrogen (secondary N) is 1. The van der Waals surface area contributed by atoms with Gasteiger partial charge in [0.15, 0.2) is 0 Å². The predicted molar refractivity (Wildman–Crippen MR) is 82.7 cm³/mol. The highest BCUT2D eigenvalue weighted by Crippen LogP contribution is 2.27. The number of benzene rings is 2. The van der Waals surface area contributed by atoms with Crippen molar-refractivity contribution in [3.05, 3.63) is 56.8 Å². The molecule has 0 aliphatic carbocycles. The summed E-state index contributed by atoms with van der Waals surface area (Å²) in [5, 5.41) is 3.04. The van der Waals surface area contributed by atoms with Crippen LogP contribution in [-0.2, 0) is 0 Å². The van der Waals surface area contributed by atoms with Crippen LogP contribution in [-0.4, -0.2) is 5.91 Å². The summed E-state index contributed by atoms with van der Waals surface area (Å²) in [7, 11) is 0. The highest BCUT2D eigenvalue weighted by molar-refractivity contribution is 9.10. The molecule has 0 radical (unpaired) electrons. The Morgan fingerprint density at radius 3 is 2.75 bits per heavy atom. The lowest BCUT2D eigenvalue weighted by Gasteiger charge is -2.11. The Bertz CT molecular complexity index is 691. The molecule has 0 aromatic heterocycles. The van der Waals surface area contributed by atoms with Crippen molar-refractivity contribution in [2.75, 3.05) is 11.1 Å². The van der Waals surface area contributed by atoms with Crippen LogP contribution in [0.15, 0.2) is 34.8 Å². The van der Waals surface area contributed by atoms with Crippen LogP contribution in [0.3, 0.4) is 0 Å². The summed E-state index contributed by atoms with van der Waals surface area (Å²) in [6.45, 7) is 1.79. The predicted octanol–water partition coefficient (Wildman–Crippen LogP) is 4.38. The van der Waals surface area contributed by atoms with E-state index in [9.17, 15) is 9.18 Å². The first kappa shape index (κ1) is 14.8. The largest absolute Gasteiger partial charge is 0.398 e. The van der Waals surface area contributed by atoms with Crippen LogP contribution in [0, 0.1) is 12.7 Å². The molecule has 2 rings (SSSR count). The third-order valence-corrected chi connectivity index (χ3v) is 3.78. The van der Waals surface area contributed by atoms with E-state index in [0.717, 1.165) is 11.6 Å². The van der Waals surface area contributed by atoms with E-state index in [1.54, 1.807) is 19.1 Å². The lowest BCUT2D eigenvalue weighted by molar-refractivity contribution is 0.102. The molecule has 3 N–H and O–H groups in total. The van der Waals surface area contributed by atoms with E-state index in [-0.39, 0.29) is 5.56 Å². The molecule has 0 aliphatic heterocycles. The topological polar surface area (TPSA) is 55.1 Å². The van der Waals surface area contributed by atoms with Gasteiger partial charge in [-0.25, -0.2) is 4.39 Å². The molecule has 20 heavy (non-hydrogen) atoms. The Hall–Kier alpha value is -1.59. The number of carbonyl (C=O) groups excluding carboxylic acids is 1. The molecular formula is C14H11BrClFN2O. The maximum atomic E-state index is 13.2. The normalized spacial score (nSPS) is 10.4. The van der Waals surface area contributed by atoms with Gasteiger partial charge in [-0.15, -0.1) is 0 Å². The molecule has 104 valence electrons. The summed E-state index contributed by atoms with van der Waals surface area (Å²) in [6, 6.07) is 7.14. The van der Waals surface area contributed by atoms with Gasteiger partial charge in [0, 0.05) is 10.2 Å². The van der Waals surface area contributed by atoms with Crippen LogP contribution >= 0.6 is 27.5 Å². The van der Waals surface area contributed by atoms with Crippen molar-refractivity contribution in [2.24, 2.45) is 0 Å². The van der Waals surface area contributed by atoms with Crippen LogP contribution in [0.2, 0.25) is 5.02 Å². The number of aryl methyl sites for hydroxylation is 1. The van der Waals surface area contributed by atoms with Gasteiger partial charge in [-0.1, -0.05) is 11.6 Å². The minimum Gasteiger partial charge on any atom is -0.398 e. The van der Waals surface area contributed by atoms with E-state index in [1.807, 2.05) is 0 Å². The molecule has 0 saturated heterocycles. The van der Waals surface area contributed by atoms with E-state index in [0.29, 0.717) is 20.9 Å². The number of anilines is 2. The van der Waals surface area contributed by atoms with Crippen molar-refractivity contribution in [3.63, 3.8) is 0 Å². The van der Waals surface area contributed by atoms with Gasteiger partial charge in [0.1, 0.15) is 5.82 Å². The fourth-order valence-electron chi connectivity index (χ4n) is 1.70. The van der Waals surface area contributed by atoms with Gasteiger partial charge in [-0.3, -0.25) is 4.79 Å². The molecule has 2 aromatic rings. The van der Waals surface area contributed by atoms with E-state index < -0.39 is 11.7 Å². The fourth-order valence-corrected chi connectivity index (χ4v) is 2.29. The second-order valence-corrected chi connectivity index (χ2v) is 5.53. The zero-order chi connectivity index (χ0) is 14.9. The summed E-state index contributed by atoms with van der Waals surface area (Å²) in [5.41, 5.74) is 7.62. The first-order valence-electron chi connectivity index (χ1n) is 5.70. The van der Waals surface area contributed by atoms with Crippen molar-refractivity contribution >= 4 is 44.8 Å². The fraction of sp³-hybridized carbons (Fsp3) is 0.0714. The molecule has 6 heteroatoms. The van der Waals surface area contributed by atoms with E-state index in [2.05, 4.69) is 21.2 Å². The van der Waals surface area contributed by atoms with Crippen LogP contribution in [0.25, 0.3) is 0 Å². The van der Waals surface area contributed by atoms with E-state index in [4.69, 9.17) is 17.3 Å².